The average Bonchev–Trinajstić information content (AvgIpc) is 2.97. The van der Waals surface area contributed by atoms with Crippen LogP contribution in [-0.2, 0) is 0 Å². The van der Waals surface area contributed by atoms with Gasteiger partial charge < -0.3 is 10.1 Å². The van der Waals surface area contributed by atoms with Gasteiger partial charge in [-0.1, -0.05) is 29.0 Å². The lowest BCUT2D eigenvalue weighted by Crippen LogP contribution is -2.26. The van der Waals surface area contributed by atoms with Crippen LogP contribution in [0.5, 0.6) is 5.75 Å². The van der Waals surface area contributed by atoms with Crippen LogP contribution in [0.2, 0.25) is 5.02 Å². The fourth-order valence-corrected chi connectivity index (χ4v) is 3.36. The Kier molecular flexibility index (Phi) is 4.50. The molecule has 0 saturated heterocycles. The summed E-state index contributed by atoms with van der Waals surface area (Å²) < 4.78 is 6.32. The van der Waals surface area contributed by atoms with E-state index in [-0.39, 0.29) is 11.8 Å². The normalized spacial score (nSPS) is 12.1. The second-order valence-corrected chi connectivity index (χ2v) is 6.53. The number of hydrogen-bond acceptors (Lipinski definition) is 5. The number of Topliss-reactive ketones (excluding diaryl/α,β-unsaturated/α-hetero) is 1. The molecule has 3 aromatic rings. The molecule has 23 heavy (non-hydrogen) atoms. The molecule has 0 spiro atoms. The largest absolute Gasteiger partial charge is 0.494 e. The molecule has 1 N–H and O–H groups in total. The number of halogens is 1. The van der Waals surface area contributed by atoms with E-state index in [0.29, 0.717) is 15.7 Å². The molecular formula is C17H15ClN2O2S. The summed E-state index contributed by atoms with van der Waals surface area (Å²) >= 11 is 7.35. The van der Waals surface area contributed by atoms with Crippen molar-refractivity contribution in [3.05, 3.63) is 53.1 Å². The van der Waals surface area contributed by atoms with E-state index in [1.165, 1.54) is 11.3 Å². The summed E-state index contributed by atoms with van der Waals surface area (Å²) in [4.78, 5) is 17.0. The summed E-state index contributed by atoms with van der Waals surface area (Å²) in [5.41, 5.74) is 1.42. The Morgan fingerprint density at radius 1 is 1.26 bits per heavy atom. The highest BCUT2D eigenvalue weighted by atomic mass is 35.5. The number of ether oxygens (including phenoxy) is 1. The standard InChI is InChI=1S/C17H15ClN2O2S/c1-10(16(21)11-6-8-12(18)9-7-11)19-17-20-15-13(22-2)4-3-5-14(15)23-17/h3-10H,1-2H3,(H,19,20). The Morgan fingerprint density at radius 2 is 2.00 bits per heavy atom. The Morgan fingerprint density at radius 3 is 2.70 bits per heavy atom. The molecule has 1 aromatic heterocycles. The molecule has 0 aliphatic rings. The highest BCUT2D eigenvalue weighted by Crippen LogP contribution is 2.32. The minimum Gasteiger partial charge on any atom is -0.494 e. The fraction of sp³-hybridized carbons (Fsp3) is 0.176. The highest BCUT2D eigenvalue weighted by molar-refractivity contribution is 7.22. The van der Waals surface area contributed by atoms with Crippen LogP contribution >= 0.6 is 22.9 Å². The van der Waals surface area contributed by atoms with E-state index in [9.17, 15) is 4.79 Å². The monoisotopic (exact) mass is 346 g/mol. The summed E-state index contributed by atoms with van der Waals surface area (Å²) in [7, 11) is 1.62. The topological polar surface area (TPSA) is 51.2 Å². The quantitative estimate of drug-likeness (QED) is 0.684. The Bertz CT molecular complexity index is 845. The summed E-state index contributed by atoms with van der Waals surface area (Å²) in [5.74, 6) is 0.719. The number of carbonyl (C=O) groups is 1. The fourth-order valence-electron chi connectivity index (χ4n) is 2.26. The van der Waals surface area contributed by atoms with Crippen LogP contribution in [0.4, 0.5) is 5.13 Å². The molecule has 1 heterocycles. The van der Waals surface area contributed by atoms with Gasteiger partial charge in [-0.15, -0.1) is 0 Å². The average molecular weight is 347 g/mol. The maximum Gasteiger partial charge on any atom is 0.184 e. The number of thiazole rings is 1. The van der Waals surface area contributed by atoms with Gasteiger partial charge in [-0.3, -0.25) is 4.79 Å². The van der Waals surface area contributed by atoms with Gasteiger partial charge in [0.25, 0.3) is 0 Å². The molecule has 118 valence electrons. The van der Waals surface area contributed by atoms with Gasteiger partial charge in [0, 0.05) is 10.6 Å². The zero-order chi connectivity index (χ0) is 16.4. The van der Waals surface area contributed by atoms with Crippen LogP contribution in [0.25, 0.3) is 10.2 Å². The second-order valence-electron chi connectivity index (χ2n) is 5.06. The van der Waals surface area contributed by atoms with Crippen molar-refractivity contribution in [3.63, 3.8) is 0 Å². The van der Waals surface area contributed by atoms with Crippen molar-refractivity contribution >= 4 is 44.1 Å². The van der Waals surface area contributed by atoms with E-state index in [4.69, 9.17) is 16.3 Å². The Labute approximate surface area is 143 Å². The van der Waals surface area contributed by atoms with E-state index in [1.807, 2.05) is 25.1 Å². The predicted octanol–water partition coefficient (Wildman–Crippen LogP) is 4.64. The third-order valence-corrected chi connectivity index (χ3v) is 4.67. The van der Waals surface area contributed by atoms with E-state index < -0.39 is 0 Å². The molecule has 0 radical (unpaired) electrons. The first-order valence-corrected chi connectivity index (χ1v) is 8.28. The van der Waals surface area contributed by atoms with Crippen molar-refractivity contribution in [1.29, 1.82) is 0 Å². The summed E-state index contributed by atoms with van der Waals surface area (Å²) in [5, 5.41) is 4.47. The van der Waals surface area contributed by atoms with E-state index in [2.05, 4.69) is 10.3 Å². The molecule has 2 aromatic carbocycles. The molecule has 4 nitrogen and oxygen atoms in total. The van der Waals surface area contributed by atoms with Gasteiger partial charge in [-0.2, -0.15) is 0 Å². The maximum atomic E-state index is 12.4. The van der Waals surface area contributed by atoms with Crippen LogP contribution in [0, 0.1) is 0 Å². The van der Waals surface area contributed by atoms with E-state index >= 15 is 0 Å². The smallest absolute Gasteiger partial charge is 0.184 e. The van der Waals surface area contributed by atoms with Gasteiger partial charge in [0.05, 0.1) is 17.9 Å². The number of rotatable bonds is 5. The van der Waals surface area contributed by atoms with Crippen molar-refractivity contribution in [2.24, 2.45) is 0 Å². The number of hydrogen-bond donors (Lipinski definition) is 1. The highest BCUT2D eigenvalue weighted by Gasteiger charge is 2.17. The lowest BCUT2D eigenvalue weighted by molar-refractivity contribution is 0.0975. The van der Waals surface area contributed by atoms with Gasteiger partial charge in [0.15, 0.2) is 10.9 Å². The number of carbonyl (C=O) groups excluding carboxylic acids is 1. The van der Waals surface area contributed by atoms with E-state index in [1.54, 1.807) is 31.4 Å². The molecule has 3 rings (SSSR count). The molecule has 0 fully saturated rings. The first-order valence-electron chi connectivity index (χ1n) is 7.08. The number of aromatic nitrogens is 1. The van der Waals surface area contributed by atoms with Crippen molar-refractivity contribution in [3.8, 4) is 5.75 Å². The second kappa shape index (κ2) is 6.56. The number of nitrogens with zero attached hydrogens (tertiary/aromatic N) is 1. The minimum absolute atomic E-state index is 0.00659. The molecule has 0 aliphatic carbocycles. The zero-order valence-corrected chi connectivity index (χ0v) is 14.2. The molecule has 1 unspecified atom stereocenters. The number of methoxy groups -OCH3 is 1. The summed E-state index contributed by atoms with van der Waals surface area (Å²) in [6.07, 6.45) is 0. The summed E-state index contributed by atoms with van der Waals surface area (Å²) in [6.45, 7) is 1.82. The number of para-hydroxylation sites is 1. The van der Waals surface area contributed by atoms with Crippen LogP contribution in [0.3, 0.4) is 0 Å². The van der Waals surface area contributed by atoms with Crippen molar-refractivity contribution in [2.45, 2.75) is 13.0 Å². The Hall–Kier alpha value is -2.11. The van der Waals surface area contributed by atoms with Crippen LogP contribution in [0.1, 0.15) is 17.3 Å². The predicted molar refractivity (Wildman–Crippen MR) is 95.0 cm³/mol. The van der Waals surface area contributed by atoms with Crippen molar-refractivity contribution in [1.82, 2.24) is 4.98 Å². The molecular weight excluding hydrogens is 332 g/mol. The first kappa shape index (κ1) is 15.8. The van der Waals surface area contributed by atoms with Gasteiger partial charge in [-0.05, 0) is 43.3 Å². The number of ketones is 1. The van der Waals surface area contributed by atoms with Crippen molar-refractivity contribution < 1.29 is 9.53 Å². The van der Waals surface area contributed by atoms with Gasteiger partial charge in [0.2, 0.25) is 0 Å². The van der Waals surface area contributed by atoms with Gasteiger partial charge >= 0.3 is 0 Å². The zero-order valence-electron chi connectivity index (χ0n) is 12.7. The lowest BCUT2D eigenvalue weighted by Gasteiger charge is -2.11. The number of anilines is 1. The molecule has 0 bridgehead atoms. The molecule has 1 atom stereocenters. The van der Waals surface area contributed by atoms with Crippen LogP contribution < -0.4 is 10.1 Å². The number of fused-ring (bicyclic) bond motifs is 1. The number of benzene rings is 2. The third kappa shape index (κ3) is 3.30. The molecule has 0 aliphatic heterocycles. The number of nitrogens with one attached hydrogen (secondary N) is 1. The first-order chi connectivity index (χ1) is 11.1. The third-order valence-electron chi connectivity index (χ3n) is 3.46. The SMILES string of the molecule is COc1cccc2sc(NC(C)C(=O)c3ccc(Cl)cc3)nc12. The van der Waals surface area contributed by atoms with Crippen molar-refractivity contribution in [2.75, 3.05) is 12.4 Å². The van der Waals surface area contributed by atoms with Gasteiger partial charge in [0.1, 0.15) is 11.3 Å². The summed E-state index contributed by atoms with van der Waals surface area (Å²) in [6, 6.07) is 12.3. The Balaban J connectivity index is 1.81. The van der Waals surface area contributed by atoms with Crippen LogP contribution in [-0.4, -0.2) is 23.9 Å². The lowest BCUT2D eigenvalue weighted by atomic mass is 10.1. The maximum absolute atomic E-state index is 12.4. The van der Waals surface area contributed by atoms with E-state index in [0.717, 1.165) is 16.0 Å². The minimum atomic E-state index is -0.386. The molecule has 0 saturated carbocycles. The molecule has 6 heteroatoms. The molecule has 0 amide bonds. The van der Waals surface area contributed by atoms with Gasteiger partial charge in [-0.25, -0.2) is 4.98 Å². The van der Waals surface area contributed by atoms with Crippen LogP contribution in [0.15, 0.2) is 42.5 Å².